The van der Waals surface area contributed by atoms with Crippen LogP contribution in [-0.4, -0.2) is 18.6 Å². The second-order valence-corrected chi connectivity index (χ2v) is 3.81. The molecule has 4 N–H and O–H groups in total. The topological polar surface area (TPSA) is 67.1 Å². The predicted octanol–water partition coefficient (Wildman–Crippen LogP) is 2.17. The number of benzene rings is 1. The van der Waals surface area contributed by atoms with E-state index >= 15 is 0 Å². The van der Waals surface area contributed by atoms with Crippen molar-refractivity contribution in [2.24, 2.45) is 5.73 Å². The van der Waals surface area contributed by atoms with Crippen molar-refractivity contribution in [3.05, 3.63) is 29.8 Å². The van der Waals surface area contributed by atoms with Crippen LogP contribution in [0.3, 0.4) is 0 Å². The van der Waals surface area contributed by atoms with Gasteiger partial charge in [0.1, 0.15) is 0 Å². The Morgan fingerprint density at radius 3 is 2.33 bits per heavy atom. The summed E-state index contributed by atoms with van der Waals surface area (Å²) in [5.74, 6) is 0. The number of nitrogens with one attached hydrogen (secondary N) is 2. The molecule has 0 bridgehead atoms. The second kappa shape index (κ2) is 5.72. The summed E-state index contributed by atoms with van der Waals surface area (Å²) in [6.07, 6.45) is -4.38. The standard InChI is InChI=1S/C11H14F3N3O/c1-7(6-15)16-10(18)17-9-4-2-8(3-5-9)11(12,13)14/h2-5,7H,6,15H2,1H3,(H2,16,17,18)/t7-/m1/s1. The van der Waals surface area contributed by atoms with Crippen molar-refractivity contribution in [3.8, 4) is 0 Å². The first kappa shape index (κ1) is 14.3. The number of amides is 2. The van der Waals surface area contributed by atoms with Gasteiger partial charge in [0.25, 0.3) is 0 Å². The van der Waals surface area contributed by atoms with Crippen LogP contribution >= 0.6 is 0 Å². The summed E-state index contributed by atoms with van der Waals surface area (Å²) in [5, 5.41) is 4.94. The van der Waals surface area contributed by atoms with Crippen LogP contribution in [0.2, 0.25) is 0 Å². The van der Waals surface area contributed by atoms with E-state index in [1.807, 2.05) is 0 Å². The number of rotatable bonds is 3. The third-order valence-electron chi connectivity index (χ3n) is 2.20. The number of hydrogen-bond acceptors (Lipinski definition) is 2. The molecule has 4 nitrogen and oxygen atoms in total. The van der Waals surface area contributed by atoms with Crippen molar-refractivity contribution in [3.63, 3.8) is 0 Å². The Morgan fingerprint density at radius 2 is 1.89 bits per heavy atom. The summed E-state index contributed by atoms with van der Waals surface area (Å²) < 4.78 is 36.9. The van der Waals surface area contributed by atoms with Gasteiger partial charge >= 0.3 is 12.2 Å². The van der Waals surface area contributed by atoms with E-state index in [0.29, 0.717) is 0 Å². The Labute approximate surface area is 102 Å². The number of urea groups is 1. The zero-order valence-electron chi connectivity index (χ0n) is 9.71. The average Bonchev–Trinajstić information content (AvgIpc) is 2.28. The summed E-state index contributed by atoms with van der Waals surface area (Å²) >= 11 is 0. The van der Waals surface area contributed by atoms with Crippen molar-refractivity contribution in [1.29, 1.82) is 0 Å². The molecule has 0 spiro atoms. The first-order valence-electron chi connectivity index (χ1n) is 5.27. The zero-order valence-corrected chi connectivity index (χ0v) is 9.71. The van der Waals surface area contributed by atoms with E-state index in [4.69, 9.17) is 5.73 Å². The van der Waals surface area contributed by atoms with Crippen LogP contribution in [0.15, 0.2) is 24.3 Å². The fourth-order valence-corrected chi connectivity index (χ4v) is 1.19. The second-order valence-electron chi connectivity index (χ2n) is 3.81. The Bertz CT molecular complexity index is 403. The Balaban J connectivity index is 2.61. The van der Waals surface area contributed by atoms with Gasteiger partial charge in [0, 0.05) is 18.3 Å². The number of alkyl halides is 3. The largest absolute Gasteiger partial charge is 0.416 e. The lowest BCUT2D eigenvalue weighted by Crippen LogP contribution is -2.40. The molecule has 0 aliphatic carbocycles. The smallest absolute Gasteiger partial charge is 0.334 e. The number of nitrogens with two attached hydrogens (primary N) is 1. The molecular formula is C11H14F3N3O. The Hall–Kier alpha value is -1.76. The molecule has 0 unspecified atom stereocenters. The van der Waals surface area contributed by atoms with Crippen molar-refractivity contribution < 1.29 is 18.0 Å². The van der Waals surface area contributed by atoms with Crippen LogP contribution in [0.1, 0.15) is 12.5 Å². The van der Waals surface area contributed by atoms with Crippen LogP contribution in [-0.2, 0) is 6.18 Å². The molecule has 0 aliphatic heterocycles. The quantitative estimate of drug-likeness (QED) is 0.780. The van der Waals surface area contributed by atoms with Gasteiger partial charge in [0.15, 0.2) is 0 Å². The predicted molar refractivity (Wildman–Crippen MR) is 62.1 cm³/mol. The molecule has 7 heteroatoms. The van der Waals surface area contributed by atoms with Gasteiger partial charge in [0.2, 0.25) is 0 Å². The number of carbonyl (C=O) groups excluding carboxylic acids is 1. The van der Waals surface area contributed by atoms with Crippen molar-refractivity contribution in [2.75, 3.05) is 11.9 Å². The van der Waals surface area contributed by atoms with E-state index in [1.165, 1.54) is 12.1 Å². The molecule has 100 valence electrons. The van der Waals surface area contributed by atoms with E-state index in [-0.39, 0.29) is 18.3 Å². The third-order valence-corrected chi connectivity index (χ3v) is 2.20. The molecular weight excluding hydrogens is 247 g/mol. The van der Waals surface area contributed by atoms with Gasteiger partial charge < -0.3 is 16.4 Å². The van der Waals surface area contributed by atoms with E-state index in [0.717, 1.165) is 12.1 Å². The van der Waals surface area contributed by atoms with E-state index < -0.39 is 17.8 Å². The molecule has 18 heavy (non-hydrogen) atoms. The van der Waals surface area contributed by atoms with Gasteiger partial charge in [-0.25, -0.2) is 4.79 Å². The molecule has 0 radical (unpaired) electrons. The first-order valence-corrected chi connectivity index (χ1v) is 5.27. The highest BCUT2D eigenvalue weighted by Crippen LogP contribution is 2.29. The highest BCUT2D eigenvalue weighted by atomic mass is 19.4. The lowest BCUT2D eigenvalue weighted by molar-refractivity contribution is -0.137. The summed E-state index contributed by atoms with van der Waals surface area (Å²) in [7, 11) is 0. The summed E-state index contributed by atoms with van der Waals surface area (Å²) in [4.78, 5) is 11.4. The SMILES string of the molecule is C[C@H](CN)NC(=O)Nc1ccc(C(F)(F)F)cc1. The lowest BCUT2D eigenvalue weighted by Gasteiger charge is -2.13. The first-order chi connectivity index (χ1) is 8.32. The maximum absolute atomic E-state index is 12.3. The minimum Gasteiger partial charge on any atom is -0.334 e. The van der Waals surface area contributed by atoms with Gasteiger partial charge in [-0.3, -0.25) is 0 Å². The van der Waals surface area contributed by atoms with Crippen molar-refractivity contribution in [1.82, 2.24) is 5.32 Å². The molecule has 1 rings (SSSR count). The molecule has 1 aromatic rings. The van der Waals surface area contributed by atoms with E-state index in [1.54, 1.807) is 6.92 Å². The monoisotopic (exact) mass is 261 g/mol. The van der Waals surface area contributed by atoms with Crippen LogP contribution in [0.25, 0.3) is 0 Å². The number of carbonyl (C=O) groups is 1. The molecule has 0 fully saturated rings. The zero-order chi connectivity index (χ0) is 13.8. The van der Waals surface area contributed by atoms with Crippen molar-refractivity contribution >= 4 is 11.7 Å². The molecule has 0 saturated carbocycles. The molecule has 1 aromatic carbocycles. The highest BCUT2D eigenvalue weighted by Gasteiger charge is 2.29. The van der Waals surface area contributed by atoms with Crippen LogP contribution in [0.4, 0.5) is 23.7 Å². The maximum Gasteiger partial charge on any atom is 0.416 e. The third kappa shape index (κ3) is 4.25. The molecule has 2 amide bonds. The minimum atomic E-state index is -4.38. The van der Waals surface area contributed by atoms with E-state index in [9.17, 15) is 18.0 Å². The summed E-state index contributed by atoms with van der Waals surface area (Å²) in [6.45, 7) is 1.99. The summed E-state index contributed by atoms with van der Waals surface area (Å²) in [5.41, 5.74) is 4.84. The normalized spacial score (nSPS) is 12.9. The van der Waals surface area contributed by atoms with Crippen LogP contribution in [0.5, 0.6) is 0 Å². The Morgan fingerprint density at radius 1 is 1.33 bits per heavy atom. The highest BCUT2D eigenvalue weighted by molar-refractivity contribution is 5.89. The molecule has 1 atom stereocenters. The van der Waals surface area contributed by atoms with Gasteiger partial charge in [-0.05, 0) is 31.2 Å². The molecule has 0 aromatic heterocycles. The number of hydrogen-bond donors (Lipinski definition) is 3. The van der Waals surface area contributed by atoms with Crippen LogP contribution < -0.4 is 16.4 Å². The maximum atomic E-state index is 12.3. The minimum absolute atomic E-state index is 0.209. The van der Waals surface area contributed by atoms with Gasteiger partial charge in [-0.1, -0.05) is 0 Å². The summed E-state index contributed by atoms with van der Waals surface area (Å²) in [6, 6.07) is 3.47. The average molecular weight is 261 g/mol. The van der Waals surface area contributed by atoms with E-state index in [2.05, 4.69) is 10.6 Å². The molecule has 0 aliphatic rings. The fourth-order valence-electron chi connectivity index (χ4n) is 1.19. The fraction of sp³-hybridized carbons (Fsp3) is 0.364. The van der Waals surface area contributed by atoms with Crippen LogP contribution in [0, 0.1) is 0 Å². The van der Waals surface area contributed by atoms with Gasteiger partial charge in [0.05, 0.1) is 5.56 Å². The lowest BCUT2D eigenvalue weighted by atomic mass is 10.2. The van der Waals surface area contributed by atoms with Gasteiger partial charge in [-0.15, -0.1) is 0 Å². The van der Waals surface area contributed by atoms with Crippen molar-refractivity contribution in [2.45, 2.75) is 19.1 Å². The number of halogens is 3. The van der Waals surface area contributed by atoms with Gasteiger partial charge in [-0.2, -0.15) is 13.2 Å². The Kier molecular flexibility index (Phi) is 4.55. The number of anilines is 1. The molecule has 0 heterocycles. The molecule has 0 saturated heterocycles.